The van der Waals surface area contributed by atoms with Gasteiger partial charge in [0.05, 0.1) is 0 Å². The van der Waals surface area contributed by atoms with E-state index in [0.29, 0.717) is 23.5 Å². The van der Waals surface area contributed by atoms with E-state index < -0.39 is 6.10 Å². The van der Waals surface area contributed by atoms with Gasteiger partial charge in [-0.25, -0.2) is 0 Å². The summed E-state index contributed by atoms with van der Waals surface area (Å²) in [5.41, 5.74) is 0.470. The summed E-state index contributed by atoms with van der Waals surface area (Å²) in [7, 11) is 0. The van der Waals surface area contributed by atoms with Gasteiger partial charge in [0.2, 0.25) is 6.79 Å². The Kier molecular flexibility index (Phi) is 3.64. The van der Waals surface area contributed by atoms with Gasteiger partial charge in [-0.05, 0) is 24.6 Å². The summed E-state index contributed by atoms with van der Waals surface area (Å²) < 4.78 is 10.4. The van der Waals surface area contributed by atoms with E-state index in [1.54, 1.807) is 18.2 Å². The standard InChI is InChI=1S/C13H16O4/c1-2-3-4-10(14)13(15)9-5-6-11-12(7-9)17-8-16-11/h5-7,10,14H,2-4,8H2,1H3. The summed E-state index contributed by atoms with van der Waals surface area (Å²) in [5.74, 6) is 0.958. The zero-order valence-electron chi connectivity index (χ0n) is 9.81. The topological polar surface area (TPSA) is 55.8 Å². The highest BCUT2D eigenvalue weighted by molar-refractivity contribution is 5.99. The van der Waals surface area contributed by atoms with Crippen molar-refractivity contribution in [1.82, 2.24) is 0 Å². The summed E-state index contributed by atoms with van der Waals surface area (Å²) in [6.45, 7) is 2.21. The molecule has 0 bridgehead atoms. The van der Waals surface area contributed by atoms with Gasteiger partial charge in [0.15, 0.2) is 17.3 Å². The Morgan fingerprint density at radius 2 is 2.18 bits per heavy atom. The van der Waals surface area contributed by atoms with Crippen LogP contribution in [0.3, 0.4) is 0 Å². The number of fused-ring (bicyclic) bond motifs is 1. The van der Waals surface area contributed by atoms with Crippen LogP contribution in [0.4, 0.5) is 0 Å². The molecular weight excluding hydrogens is 220 g/mol. The maximum atomic E-state index is 11.9. The van der Waals surface area contributed by atoms with Gasteiger partial charge in [0.25, 0.3) is 0 Å². The summed E-state index contributed by atoms with van der Waals surface area (Å²) in [5, 5.41) is 9.73. The molecule has 1 N–H and O–H groups in total. The zero-order chi connectivity index (χ0) is 12.3. The van der Waals surface area contributed by atoms with Gasteiger partial charge < -0.3 is 14.6 Å². The molecule has 1 aromatic carbocycles. The fourth-order valence-corrected chi connectivity index (χ4v) is 1.77. The van der Waals surface area contributed by atoms with Crippen LogP contribution in [0.5, 0.6) is 11.5 Å². The van der Waals surface area contributed by atoms with E-state index >= 15 is 0 Å². The average molecular weight is 236 g/mol. The molecule has 0 fully saturated rings. The predicted octanol–water partition coefficient (Wildman–Crippen LogP) is 2.15. The van der Waals surface area contributed by atoms with E-state index in [1.807, 2.05) is 6.92 Å². The molecule has 1 unspecified atom stereocenters. The monoisotopic (exact) mass is 236 g/mol. The van der Waals surface area contributed by atoms with Gasteiger partial charge in [0, 0.05) is 5.56 Å². The van der Waals surface area contributed by atoms with Crippen molar-refractivity contribution < 1.29 is 19.4 Å². The first kappa shape index (κ1) is 11.9. The first-order chi connectivity index (χ1) is 8.22. The van der Waals surface area contributed by atoms with Crippen molar-refractivity contribution in [2.24, 2.45) is 0 Å². The third-order valence-electron chi connectivity index (χ3n) is 2.79. The molecule has 1 aromatic rings. The minimum Gasteiger partial charge on any atom is -0.454 e. The van der Waals surface area contributed by atoms with E-state index in [4.69, 9.17) is 9.47 Å². The zero-order valence-corrected chi connectivity index (χ0v) is 9.81. The van der Waals surface area contributed by atoms with Gasteiger partial charge in [-0.15, -0.1) is 0 Å². The van der Waals surface area contributed by atoms with Crippen molar-refractivity contribution in [3.8, 4) is 11.5 Å². The molecule has 0 radical (unpaired) electrons. The fraction of sp³-hybridized carbons (Fsp3) is 0.462. The quantitative estimate of drug-likeness (QED) is 0.796. The predicted molar refractivity (Wildman–Crippen MR) is 62.4 cm³/mol. The van der Waals surface area contributed by atoms with E-state index in [1.165, 1.54) is 0 Å². The Hall–Kier alpha value is -1.55. The lowest BCUT2D eigenvalue weighted by molar-refractivity contribution is 0.0726. The average Bonchev–Trinajstić information content (AvgIpc) is 2.81. The first-order valence-electron chi connectivity index (χ1n) is 5.84. The van der Waals surface area contributed by atoms with Crippen molar-refractivity contribution in [3.63, 3.8) is 0 Å². The van der Waals surface area contributed by atoms with Gasteiger partial charge in [-0.1, -0.05) is 19.8 Å². The van der Waals surface area contributed by atoms with Crippen LogP contribution >= 0.6 is 0 Å². The summed E-state index contributed by atoms with van der Waals surface area (Å²) >= 11 is 0. The van der Waals surface area contributed by atoms with E-state index in [-0.39, 0.29) is 12.6 Å². The number of ether oxygens (including phenoxy) is 2. The molecule has 0 saturated heterocycles. The van der Waals surface area contributed by atoms with Crippen molar-refractivity contribution >= 4 is 5.78 Å². The number of carbonyl (C=O) groups excluding carboxylic acids is 1. The van der Waals surface area contributed by atoms with Gasteiger partial charge in [-0.3, -0.25) is 4.79 Å². The van der Waals surface area contributed by atoms with Crippen LogP contribution in [-0.2, 0) is 0 Å². The van der Waals surface area contributed by atoms with Crippen LogP contribution in [0.1, 0.15) is 36.5 Å². The summed E-state index contributed by atoms with van der Waals surface area (Å²) in [6, 6.07) is 4.98. The molecular formula is C13H16O4. The number of carbonyl (C=O) groups is 1. The molecule has 1 aliphatic rings. The van der Waals surface area contributed by atoms with E-state index in [2.05, 4.69) is 0 Å². The summed E-state index contributed by atoms with van der Waals surface area (Å²) in [6.07, 6.45) is 1.39. The lowest BCUT2D eigenvalue weighted by atomic mass is 10.0. The smallest absolute Gasteiger partial charge is 0.231 e. The number of aliphatic hydroxyl groups excluding tert-OH is 1. The first-order valence-corrected chi connectivity index (χ1v) is 5.84. The number of rotatable bonds is 5. The fourth-order valence-electron chi connectivity index (χ4n) is 1.77. The maximum absolute atomic E-state index is 11.9. The number of hydrogen-bond donors (Lipinski definition) is 1. The highest BCUT2D eigenvalue weighted by atomic mass is 16.7. The largest absolute Gasteiger partial charge is 0.454 e. The van der Waals surface area contributed by atoms with E-state index in [0.717, 1.165) is 12.8 Å². The van der Waals surface area contributed by atoms with Crippen LogP contribution in [0.15, 0.2) is 18.2 Å². The number of ketones is 1. The van der Waals surface area contributed by atoms with Crippen LogP contribution in [0, 0.1) is 0 Å². The molecule has 0 amide bonds. The number of benzene rings is 1. The summed E-state index contributed by atoms with van der Waals surface area (Å²) in [4.78, 5) is 11.9. The van der Waals surface area contributed by atoms with Gasteiger partial charge in [-0.2, -0.15) is 0 Å². The maximum Gasteiger partial charge on any atom is 0.231 e. The molecule has 1 aliphatic heterocycles. The molecule has 0 spiro atoms. The lowest BCUT2D eigenvalue weighted by Gasteiger charge is -2.09. The molecule has 92 valence electrons. The SMILES string of the molecule is CCCCC(O)C(=O)c1ccc2c(c1)OCO2. The molecule has 4 heteroatoms. The third kappa shape index (κ3) is 2.58. The van der Waals surface area contributed by atoms with Crippen LogP contribution in [0.25, 0.3) is 0 Å². The Morgan fingerprint density at radius 1 is 1.41 bits per heavy atom. The van der Waals surface area contributed by atoms with Crippen LogP contribution in [-0.4, -0.2) is 23.8 Å². The molecule has 1 atom stereocenters. The molecule has 17 heavy (non-hydrogen) atoms. The van der Waals surface area contributed by atoms with Crippen molar-refractivity contribution in [2.75, 3.05) is 6.79 Å². The third-order valence-corrected chi connectivity index (χ3v) is 2.79. The highest BCUT2D eigenvalue weighted by Gasteiger charge is 2.20. The van der Waals surface area contributed by atoms with Crippen LogP contribution < -0.4 is 9.47 Å². The minimum absolute atomic E-state index is 0.186. The minimum atomic E-state index is -0.921. The molecule has 2 rings (SSSR count). The van der Waals surface area contributed by atoms with Crippen molar-refractivity contribution in [3.05, 3.63) is 23.8 Å². The second-order valence-corrected chi connectivity index (χ2v) is 4.09. The number of unbranched alkanes of at least 4 members (excludes halogenated alkanes) is 1. The molecule has 0 aliphatic carbocycles. The highest BCUT2D eigenvalue weighted by Crippen LogP contribution is 2.32. The van der Waals surface area contributed by atoms with Crippen LogP contribution in [0.2, 0.25) is 0 Å². The second kappa shape index (κ2) is 5.19. The lowest BCUT2D eigenvalue weighted by Crippen LogP contribution is -2.20. The second-order valence-electron chi connectivity index (χ2n) is 4.09. The normalized spacial score (nSPS) is 14.7. The molecule has 0 aromatic heterocycles. The van der Waals surface area contributed by atoms with Crippen molar-refractivity contribution in [2.45, 2.75) is 32.3 Å². The Labute approximate surface area is 100 Å². The Morgan fingerprint density at radius 3 is 2.94 bits per heavy atom. The molecule has 4 nitrogen and oxygen atoms in total. The van der Waals surface area contributed by atoms with Gasteiger partial charge >= 0.3 is 0 Å². The Bertz CT molecular complexity index is 414. The number of hydrogen-bond acceptors (Lipinski definition) is 4. The van der Waals surface area contributed by atoms with Gasteiger partial charge in [0.1, 0.15) is 6.10 Å². The number of aliphatic hydroxyl groups is 1. The number of Topliss-reactive ketones (excluding diaryl/α,β-unsaturated/α-hetero) is 1. The molecule has 0 saturated carbocycles. The molecule has 1 heterocycles. The van der Waals surface area contributed by atoms with Crippen molar-refractivity contribution in [1.29, 1.82) is 0 Å². The Balaban J connectivity index is 2.09. The van der Waals surface area contributed by atoms with E-state index in [9.17, 15) is 9.90 Å².